The molecule has 1 aliphatic heterocycles. The van der Waals surface area contributed by atoms with Gasteiger partial charge in [-0.25, -0.2) is 0 Å². The highest BCUT2D eigenvalue weighted by atomic mass is 16.5. The summed E-state index contributed by atoms with van der Waals surface area (Å²) in [6.07, 6.45) is 8.52. The summed E-state index contributed by atoms with van der Waals surface area (Å²) < 4.78 is 6.88. The van der Waals surface area contributed by atoms with Gasteiger partial charge in [-0.1, -0.05) is 5.16 Å². The topological polar surface area (TPSA) is 47.1 Å². The molecule has 1 saturated heterocycles. The van der Waals surface area contributed by atoms with Crippen molar-refractivity contribution in [2.75, 3.05) is 13.1 Å². The first-order chi connectivity index (χ1) is 7.92. The maximum Gasteiger partial charge on any atom is 0.128 e. The van der Waals surface area contributed by atoms with Gasteiger partial charge in [0.25, 0.3) is 0 Å². The number of hydrogen-bond acceptors (Lipinski definition) is 4. The molecule has 0 spiro atoms. The van der Waals surface area contributed by atoms with Gasteiger partial charge >= 0.3 is 0 Å². The van der Waals surface area contributed by atoms with Gasteiger partial charge < -0.3 is 4.52 Å². The second-order valence-electron chi connectivity index (χ2n) is 4.20. The van der Waals surface area contributed by atoms with E-state index in [1.807, 2.05) is 23.1 Å². The zero-order chi connectivity index (χ0) is 10.8. The Labute approximate surface area is 93.6 Å². The fourth-order valence-corrected chi connectivity index (χ4v) is 2.23. The van der Waals surface area contributed by atoms with Crippen LogP contribution in [-0.4, -0.2) is 32.9 Å². The van der Waals surface area contributed by atoms with Crippen LogP contribution in [0.3, 0.4) is 0 Å². The molecule has 84 valence electrons. The lowest BCUT2D eigenvalue weighted by atomic mass is 10.3. The molecular weight excluding hydrogens is 204 g/mol. The van der Waals surface area contributed by atoms with Crippen LogP contribution < -0.4 is 0 Å². The Morgan fingerprint density at radius 3 is 3.25 bits per heavy atom. The minimum absolute atomic E-state index is 0.509. The maximum atomic E-state index is 4.83. The molecule has 0 bridgehead atoms. The van der Waals surface area contributed by atoms with Crippen LogP contribution in [0, 0.1) is 0 Å². The molecule has 0 radical (unpaired) electrons. The quantitative estimate of drug-likeness (QED) is 0.779. The van der Waals surface area contributed by atoms with Gasteiger partial charge in [0.2, 0.25) is 0 Å². The standard InChI is InChI=1S/C11H14N4O/c1-3-12-15(4-1)11-2-5-14(8-11)7-10-6-13-16-9-10/h1,3-4,6,9,11H,2,5,7-8H2. The van der Waals surface area contributed by atoms with Crippen LogP contribution in [0.15, 0.2) is 35.4 Å². The van der Waals surface area contributed by atoms with Crippen molar-refractivity contribution in [3.05, 3.63) is 36.5 Å². The van der Waals surface area contributed by atoms with Crippen LogP contribution in [-0.2, 0) is 6.54 Å². The third-order valence-corrected chi connectivity index (χ3v) is 3.04. The highest BCUT2D eigenvalue weighted by Gasteiger charge is 2.24. The van der Waals surface area contributed by atoms with Crippen molar-refractivity contribution in [3.8, 4) is 0 Å². The highest BCUT2D eigenvalue weighted by Crippen LogP contribution is 2.21. The Bertz CT molecular complexity index is 423. The van der Waals surface area contributed by atoms with Crippen LogP contribution in [0.25, 0.3) is 0 Å². The summed E-state index contributed by atoms with van der Waals surface area (Å²) in [6.45, 7) is 3.07. The van der Waals surface area contributed by atoms with Gasteiger partial charge in [-0.3, -0.25) is 9.58 Å². The average Bonchev–Trinajstić information content (AvgIpc) is 2.99. The van der Waals surface area contributed by atoms with Crippen LogP contribution in [0.2, 0.25) is 0 Å². The normalized spacial score (nSPS) is 21.6. The van der Waals surface area contributed by atoms with Crippen LogP contribution in [0.1, 0.15) is 18.0 Å². The molecule has 0 aliphatic carbocycles. The van der Waals surface area contributed by atoms with Crippen molar-refractivity contribution < 1.29 is 4.52 Å². The average molecular weight is 218 g/mol. The number of nitrogens with zero attached hydrogens (tertiary/aromatic N) is 4. The molecule has 0 amide bonds. The van der Waals surface area contributed by atoms with Gasteiger partial charge in [-0.15, -0.1) is 0 Å². The van der Waals surface area contributed by atoms with E-state index in [4.69, 9.17) is 4.52 Å². The lowest BCUT2D eigenvalue weighted by Crippen LogP contribution is -2.21. The van der Waals surface area contributed by atoms with Crippen molar-refractivity contribution in [1.82, 2.24) is 19.8 Å². The Morgan fingerprint density at radius 2 is 2.50 bits per heavy atom. The number of likely N-dealkylation sites (tertiary alicyclic amines) is 1. The number of rotatable bonds is 3. The fourth-order valence-electron chi connectivity index (χ4n) is 2.23. The SMILES string of the molecule is c1cnn(C2CCN(Cc3cnoc3)C2)c1. The van der Waals surface area contributed by atoms with E-state index in [0.29, 0.717) is 6.04 Å². The molecule has 16 heavy (non-hydrogen) atoms. The van der Waals surface area contributed by atoms with E-state index >= 15 is 0 Å². The molecular formula is C11H14N4O. The molecule has 1 unspecified atom stereocenters. The molecule has 1 fully saturated rings. The molecule has 1 atom stereocenters. The Balaban J connectivity index is 1.61. The summed E-state index contributed by atoms with van der Waals surface area (Å²) in [7, 11) is 0. The highest BCUT2D eigenvalue weighted by molar-refractivity contribution is 5.01. The van der Waals surface area contributed by atoms with Crippen molar-refractivity contribution >= 4 is 0 Å². The zero-order valence-corrected chi connectivity index (χ0v) is 8.99. The predicted octanol–water partition coefficient (Wildman–Crippen LogP) is 1.32. The van der Waals surface area contributed by atoms with Crippen molar-refractivity contribution in [2.45, 2.75) is 19.0 Å². The van der Waals surface area contributed by atoms with Gasteiger partial charge in [0, 0.05) is 37.6 Å². The van der Waals surface area contributed by atoms with Gasteiger partial charge in [-0.05, 0) is 12.5 Å². The van der Waals surface area contributed by atoms with Gasteiger partial charge in [0.15, 0.2) is 0 Å². The summed E-state index contributed by atoms with van der Waals surface area (Å²) in [5.74, 6) is 0. The molecule has 0 N–H and O–H groups in total. The molecule has 0 aromatic carbocycles. The molecule has 3 heterocycles. The monoisotopic (exact) mass is 218 g/mol. The summed E-state index contributed by atoms with van der Waals surface area (Å²) >= 11 is 0. The number of hydrogen-bond donors (Lipinski definition) is 0. The van der Waals surface area contributed by atoms with Gasteiger partial charge in [-0.2, -0.15) is 5.10 Å². The molecule has 2 aromatic rings. The van der Waals surface area contributed by atoms with Crippen LogP contribution in [0.4, 0.5) is 0 Å². The first kappa shape index (κ1) is 9.59. The second-order valence-corrected chi connectivity index (χ2v) is 4.20. The van der Waals surface area contributed by atoms with Crippen molar-refractivity contribution in [3.63, 3.8) is 0 Å². The Kier molecular flexibility index (Phi) is 2.46. The molecule has 1 aliphatic rings. The lowest BCUT2D eigenvalue weighted by molar-refractivity contribution is 0.310. The minimum Gasteiger partial charge on any atom is -0.364 e. The Morgan fingerprint density at radius 1 is 1.50 bits per heavy atom. The molecule has 2 aromatic heterocycles. The molecule has 0 saturated carbocycles. The van der Waals surface area contributed by atoms with E-state index in [1.165, 1.54) is 0 Å². The minimum atomic E-state index is 0.509. The van der Waals surface area contributed by atoms with Gasteiger partial charge in [0.05, 0.1) is 12.2 Å². The smallest absolute Gasteiger partial charge is 0.128 e. The summed E-state index contributed by atoms with van der Waals surface area (Å²) in [5.41, 5.74) is 1.14. The number of aromatic nitrogens is 3. The summed E-state index contributed by atoms with van der Waals surface area (Å²) in [4.78, 5) is 2.40. The lowest BCUT2D eigenvalue weighted by Gasteiger charge is -2.14. The third-order valence-electron chi connectivity index (χ3n) is 3.04. The summed E-state index contributed by atoms with van der Waals surface area (Å²) in [5, 5.41) is 8.00. The third kappa shape index (κ3) is 1.86. The maximum absolute atomic E-state index is 4.83. The van der Waals surface area contributed by atoms with E-state index in [0.717, 1.165) is 31.6 Å². The second kappa shape index (κ2) is 4.09. The van der Waals surface area contributed by atoms with E-state index in [-0.39, 0.29) is 0 Å². The van der Waals surface area contributed by atoms with Gasteiger partial charge in [0.1, 0.15) is 6.26 Å². The zero-order valence-electron chi connectivity index (χ0n) is 8.99. The molecule has 5 heteroatoms. The first-order valence-corrected chi connectivity index (χ1v) is 5.51. The van der Waals surface area contributed by atoms with Crippen LogP contribution >= 0.6 is 0 Å². The Hall–Kier alpha value is -1.62. The van der Waals surface area contributed by atoms with Crippen molar-refractivity contribution in [2.24, 2.45) is 0 Å². The van der Waals surface area contributed by atoms with Crippen molar-refractivity contribution in [1.29, 1.82) is 0 Å². The predicted molar refractivity (Wildman–Crippen MR) is 57.7 cm³/mol. The van der Waals surface area contributed by atoms with E-state index < -0.39 is 0 Å². The van der Waals surface area contributed by atoms with E-state index in [9.17, 15) is 0 Å². The largest absolute Gasteiger partial charge is 0.364 e. The first-order valence-electron chi connectivity index (χ1n) is 5.51. The van der Waals surface area contributed by atoms with Crippen LogP contribution in [0.5, 0.6) is 0 Å². The summed E-state index contributed by atoms with van der Waals surface area (Å²) in [6, 6.07) is 2.48. The van der Waals surface area contributed by atoms with E-state index in [2.05, 4.69) is 15.2 Å². The molecule has 5 nitrogen and oxygen atoms in total. The fraction of sp³-hybridized carbons (Fsp3) is 0.455. The molecule has 3 rings (SSSR count). The van der Waals surface area contributed by atoms with E-state index in [1.54, 1.807) is 12.5 Å².